The molecule has 3 heterocycles. The van der Waals surface area contributed by atoms with Gasteiger partial charge in [0, 0.05) is 32.1 Å². The molecule has 1 unspecified atom stereocenters. The minimum Gasteiger partial charge on any atom is -0.363 e. The molecule has 0 aliphatic carbocycles. The van der Waals surface area contributed by atoms with Crippen molar-refractivity contribution in [3.63, 3.8) is 0 Å². The van der Waals surface area contributed by atoms with Gasteiger partial charge in [0.05, 0.1) is 11.4 Å². The summed E-state index contributed by atoms with van der Waals surface area (Å²) in [6, 6.07) is 4.23. The number of aromatic nitrogens is 1. The molecule has 86 valence electrons. The van der Waals surface area contributed by atoms with Crippen molar-refractivity contribution in [2.75, 3.05) is 18.0 Å². The highest BCUT2D eigenvalue weighted by atomic mass is 79.9. The monoisotopic (exact) mass is 285 g/mol. The summed E-state index contributed by atoms with van der Waals surface area (Å²) in [6.07, 6.45) is -0.0796. The third kappa shape index (κ3) is 1.72. The van der Waals surface area contributed by atoms with Gasteiger partial charge in [-0.1, -0.05) is 0 Å². The molecular weight excluding hydrogens is 273 g/mol. The fourth-order valence-corrected chi connectivity index (χ4v) is 2.91. The third-order valence-corrected chi connectivity index (χ3v) is 3.70. The number of pyridine rings is 1. The summed E-state index contributed by atoms with van der Waals surface area (Å²) in [5.41, 5.74) is 2.09. The Kier molecular flexibility index (Phi) is 2.59. The van der Waals surface area contributed by atoms with E-state index in [1.54, 1.807) is 0 Å². The van der Waals surface area contributed by atoms with Crippen LogP contribution in [0.5, 0.6) is 0 Å². The molecule has 5 heteroatoms. The highest BCUT2D eigenvalue weighted by molar-refractivity contribution is 9.10. The Morgan fingerprint density at radius 3 is 3.25 bits per heavy atom. The quantitative estimate of drug-likeness (QED) is 0.738. The molecule has 1 aromatic rings. The highest BCUT2D eigenvalue weighted by Gasteiger charge is 2.34. The first-order valence-corrected chi connectivity index (χ1v) is 6.30. The molecule has 0 radical (unpaired) electrons. The van der Waals surface area contributed by atoms with Crippen molar-refractivity contribution in [3.05, 3.63) is 22.4 Å². The number of nitrogens with one attached hydrogen (secondary N) is 1. The molecular formula is C11H13BrFN3. The van der Waals surface area contributed by atoms with Crippen molar-refractivity contribution in [1.82, 2.24) is 10.3 Å². The van der Waals surface area contributed by atoms with Crippen LogP contribution in [0.25, 0.3) is 0 Å². The van der Waals surface area contributed by atoms with Crippen LogP contribution in [0.1, 0.15) is 12.1 Å². The first-order valence-electron chi connectivity index (χ1n) is 5.51. The van der Waals surface area contributed by atoms with Crippen LogP contribution in [0.4, 0.5) is 10.1 Å². The molecule has 2 atom stereocenters. The number of anilines is 1. The SMILES string of the molecule is F[C@H]1CC2CNCc3nc(Br)ccc3N2C1. The number of halogens is 2. The zero-order chi connectivity index (χ0) is 11.1. The molecule has 0 spiro atoms. The molecule has 1 aromatic heterocycles. The lowest BCUT2D eigenvalue weighted by atomic mass is 10.2. The summed E-state index contributed by atoms with van der Waals surface area (Å²) in [6.45, 7) is 2.11. The Morgan fingerprint density at radius 2 is 2.38 bits per heavy atom. The molecule has 16 heavy (non-hydrogen) atoms. The summed E-state index contributed by atoms with van der Waals surface area (Å²) >= 11 is 3.37. The fourth-order valence-electron chi connectivity index (χ4n) is 2.56. The molecule has 1 N–H and O–H groups in total. The van der Waals surface area contributed by atoms with Crippen LogP contribution < -0.4 is 10.2 Å². The summed E-state index contributed by atoms with van der Waals surface area (Å²) in [5.74, 6) is 0. The average molecular weight is 286 g/mol. The molecule has 3 nitrogen and oxygen atoms in total. The summed E-state index contributed by atoms with van der Waals surface area (Å²) in [7, 11) is 0. The van der Waals surface area contributed by atoms with Crippen LogP contribution in [0.2, 0.25) is 0 Å². The van der Waals surface area contributed by atoms with Gasteiger partial charge in [0.25, 0.3) is 0 Å². The number of nitrogens with zero attached hydrogens (tertiary/aromatic N) is 2. The standard InChI is InChI=1S/C11H13BrFN3/c12-11-2-1-10-9(15-11)5-14-4-8-3-7(13)6-16(8)10/h1-2,7-8,14H,3-6H2/t7-,8?/m0/s1. The Labute approximate surface area is 102 Å². The molecule has 2 aliphatic rings. The van der Waals surface area contributed by atoms with Crippen molar-refractivity contribution < 1.29 is 4.39 Å². The highest BCUT2D eigenvalue weighted by Crippen LogP contribution is 2.31. The van der Waals surface area contributed by atoms with Crippen LogP contribution in [0.15, 0.2) is 16.7 Å². The van der Waals surface area contributed by atoms with E-state index in [4.69, 9.17) is 0 Å². The molecule has 0 bridgehead atoms. The van der Waals surface area contributed by atoms with Crippen LogP contribution in [-0.4, -0.2) is 30.3 Å². The zero-order valence-electron chi connectivity index (χ0n) is 8.79. The smallest absolute Gasteiger partial charge is 0.120 e. The normalized spacial score (nSPS) is 28.5. The maximum absolute atomic E-state index is 13.4. The summed E-state index contributed by atoms with van der Waals surface area (Å²) in [5, 5.41) is 3.33. The largest absolute Gasteiger partial charge is 0.363 e. The lowest BCUT2D eigenvalue weighted by molar-refractivity contribution is 0.354. The number of alkyl halides is 1. The van der Waals surface area contributed by atoms with Crippen molar-refractivity contribution in [2.24, 2.45) is 0 Å². The number of hydrogen-bond donors (Lipinski definition) is 1. The van der Waals surface area contributed by atoms with Gasteiger partial charge in [-0.15, -0.1) is 0 Å². The van der Waals surface area contributed by atoms with Gasteiger partial charge in [0.2, 0.25) is 0 Å². The number of fused-ring (bicyclic) bond motifs is 3. The van der Waals surface area contributed by atoms with E-state index in [2.05, 4.69) is 31.1 Å². The van der Waals surface area contributed by atoms with Gasteiger partial charge in [-0.25, -0.2) is 9.37 Å². The molecule has 1 saturated heterocycles. The van der Waals surface area contributed by atoms with E-state index in [1.807, 2.05) is 12.1 Å². The second kappa shape index (κ2) is 3.96. The maximum Gasteiger partial charge on any atom is 0.120 e. The van der Waals surface area contributed by atoms with Crippen LogP contribution in [-0.2, 0) is 6.54 Å². The summed E-state index contributed by atoms with van der Waals surface area (Å²) < 4.78 is 14.3. The predicted molar refractivity (Wildman–Crippen MR) is 64.3 cm³/mol. The average Bonchev–Trinajstić information content (AvgIpc) is 2.52. The summed E-state index contributed by atoms with van der Waals surface area (Å²) in [4.78, 5) is 6.60. The molecule has 3 rings (SSSR count). The first kappa shape index (κ1) is 10.5. The van der Waals surface area contributed by atoms with Gasteiger partial charge in [-0.3, -0.25) is 0 Å². The van der Waals surface area contributed by atoms with Crippen LogP contribution in [0.3, 0.4) is 0 Å². The molecule has 0 amide bonds. The van der Waals surface area contributed by atoms with Gasteiger partial charge < -0.3 is 10.2 Å². The van der Waals surface area contributed by atoms with Gasteiger partial charge in [-0.2, -0.15) is 0 Å². The maximum atomic E-state index is 13.4. The van der Waals surface area contributed by atoms with E-state index in [0.29, 0.717) is 13.0 Å². The molecule has 0 saturated carbocycles. The molecule has 2 aliphatic heterocycles. The van der Waals surface area contributed by atoms with Crippen molar-refractivity contribution >= 4 is 21.6 Å². The second-order valence-corrected chi connectivity index (χ2v) is 5.18. The van der Waals surface area contributed by atoms with Crippen molar-refractivity contribution in [1.29, 1.82) is 0 Å². The minimum absolute atomic E-state index is 0.277. The van der Waals surface area contributed by atoms with E-state index < -0.39 is 6.17 Å². The van der Waals surface area contributed by atoms with Gasteiger partial charge in [-0.05, 0) is 28.1 Å². The lowest BCUT2D eigenvalue weighted by Gasteiger charge is -2.24. The van der Waals surface area contributed by atoms with Crippen molar-refractivity contribution in [3.8, 4) is 0 Å². The number of rotatable bonds is 0. The fraction of sp³-hybridized carbons (Fsp3) is 0.545. The van der Waals surface area contributed by atoms with Crippen LogP contribution >= 0.6 is 15.9 Å². The Morgan fingerprint density at radius 1 is 1.50 bits per heavy atom. The Hall–Kier alpha value is -0.680. The van der Waals surface area contributed by atoms with E-state index >= 15 is 0 Å². The van der Waals surface area contributed by atoms with Gasteiger partial charge >= 0.3 is 0 Å². The Balaban J connectivity index is 2.02. The predicted octanol–water partition coefficient (Wildman–Crippen LogP) is 1.86. The van der Waals surface area contributed by atoms with Gasteiger partial charge in [0.15, 0.2) is 0 Å². The van der Waals surface area contributed by atoms with E-state index in [0.717, 1.165) is 29.1 Å². The Bertz CT molecular complexity index is 412. The number of hydrogen-bond acceptors (Lipinski definition) is 3. The molecule has 1 fully saturated rings. The first-order chi connectivity index (χ1) is 7.74. The van der Waals surface area contributed by atoms with Crippen molar-refractivity contribution in [2.45, 2.75) is 25.2 Å². The van der Waals surface area contributed by atoms with E-state index in [-0.39, 0.29) is 6.04 Å². The van der Waals surface area contributed by atoms with Gasteiger partial charge in [0.1, 0.15) is 10.8 Å². The zero-order valence-corrected chi connectivity index (χ0v) is 10.4. The third-order valence-electron chi connectivity index (χ3n) is 3.26. The van der Waals surface area contributed by atoms with E-state index in [1.165, 1.54) is 0 Å². The topological polar surface area (TPSA) is 28.2 Å². The molecule has 0 aromatic carbocycles. The minimum atomic E-state index is -0.707. The van der Waals surface area contributed by atoms with E-state index in [9.17, 15) is 4.39 Å². The second-order valence-electron chi connectivity index (χ2n) is 4.37. The van der Waals surface area contributed by atoms with Crippen LogP contribution in [0, 0.1) is 0 Å². The lowest BCUT2D eigenvalue weighted by Crippen LogP contribution is -2.34.